The van der Waals surface area contributed by atoms with Gasteiger partial charge in [0.2, 0.25) is 0 Å². The van der Waals surface area contributed by atoms with Gasteiger partial charge in [-0.3, -0.25) is 0 Å². The van der Waals surface area contributed by atoms with Crippen molar-refractivity contribution in [3.63, 3.8) is 0 Å². The number of nitrogens with zero attached hydrogens (tertiary/aromatic N) is 1. The maximum absolute atomic E-state index is 14.2. The molecule has 0 fully saturated rings. The number of carbonyl (C=O) groups is 2. The van der Waals surface area contributed by atoms with Gasteiger partial charge in [0, 0.05) is 25.6 Å². The molecule has 0 spiro atoms. The SMILES string of the molecule is CCCCCCCN(CCCc1ccc(CC(C)(Oc2ccc(C(C)C)cc2)C(=O)[O-])cc1)C(=O)Nc1ccc(F)cc1F.[Na+]. The van der Waals surface area contributed by atoms with Crippen molar-refractivity contribution in [2.75, 3.05) is 18.4 Å². The molecule has 1 unspecified atom stereocenters. The maximum Gasteiger partial charge on any atom is 1.00 e. The summed E-state index contributed by atoms with van der Waals surface area (Å²) in [6.45, 7) is 8.85. The van der Waals surface area contributed by atoms with E-state index in [9.17, 15) is 23.5 Å². The second-order valence-corrected chi connectivity index (χ2v) is 11.9. The maximum atomic E-state index is 14.2. The summed E-state index contributed by atoms with van der Waals surface area (Å²) in [5.74, 6) is -1.98. The molecule has 0 aliphatic rings. The zero-order valence-corrected chi connectivity index (χ0v) is 29.3. The molecular weight excluding hydrogens is 585 g/mol. The van der Waals surface area contributed by atoms with Crippen molar-refractivity contribution in [1.29, 1.82) is 0 Å². The predicted molar refractivity (Wildman–Crippen MR) is 169 cm³/mol. The fourth-order valence-corrected chi connectivity index (χ4v) is 5.02. The molecule has 2 amide bonds. The number of urea groups is 1. The van der Waals surface area contributed by atoms with E-state index < -0.39 is 29.2 Å². The first-order chi connectivity index (χ1) is 21.0. The molecule has 0 aliphatic carbocycles. The first-order valence-electron chi connectivity index (χ1n) is 15.6. The van der Waals surface area contributed by atoms with Crippen molar-refractivity contribution in [1.82, 2.24) is 4.90 Å². The number of nitrogens with one attached hydrogen (secondary N) is 1. The van der Waals surface area contributed by atoms with Crippen LogP contribution in [-0.2, 0) is 17.6 Å². The van der Waals surface area contributed by atoms with Gasteiger partial charge in [-0.1, -0.05) is 82.9 Å². The molecule has 0 saturated carbocycles. The summed E-state index contributed by atoms with van der Waals surface area (Å²) in [5.41, 5.74) is 1.38. The van der Waals surface area contributed by atoms with E-state index in [1.807, 2.05) is 36.4 Å². The number of aliphatic carboxylic acids is 1. The number of ether oxygens (including phenoxy) is 1. The van der Waals surface area contributed by atoms with E-state index >= 15 is 0 Å². The molecule has 0 bridgehead atoms. The average Bonchev–Trinajstić information content (AvgIpc) is 2.98. The van der Waals surface area contributed by atoms with E-state index in [0.717, 1.165) is 60.9 Å². The molecule has 0 saturated heterocycles. The topological polar surface area (TPSA) is 81.7 Å². The Hall–Kier alpha value is -2.94. The van der Waals surface area contributed by atoms with Crippen molar-refractivity contribution < 1.29 is 57.8 Å². The Morgan fingerprint density at radius 1 is 0.889 bits per heavy atom. The molecule has 3 rings (SSSR count). The van der Waals surface area contributed by atoms with Crippen LogP contribution in [0.4, 0.5) is 19.3 Å². The summed E-state index contributed by atoms with van der Waals surface area (Å²) in [6, 6.07) is 17.8. The zero-order chi connectivity index (χ0) is 32.1. The number of unbranched alkanes of at least 4 members (excludes halogenated alkanes) is 4. The quantitative estimate of drug-likeness (QED) is 0.174. The number of rotatable bonds is 17. The third-order valence-corrected chi connectivity index (χ3v) is 7.77. The molecule has 238 valence electrons. The number of hydrogen-bond donors (Lipinski definition) is 1. The normalized spacial score (nSPS) is 12.2. The van der Waals surface area contributed by atoms with Gasteiger partial charge >= 0.3 is 35.6 Å². The van der Waals surface area contributed by atoms with E-state index in [1.54, 1.807) is 17.0 Å². The minimum atomic E-state index is -1.55. The van der Waals surface area contributed by atoms with Gasteiger partial charge in [0.15, 0.2) is 0 Å². The average molecular weight is 631 g/mol. The molecule has 1 atom stereocenters. The number of halogens is 2. The number of carbonyl (C=O) groups excluding carboxylic acids is 2. The van der Waals surface area contributed by atoms with Gasteiger partial charge in [-0.2, -0.15) is 0 Å². The number of carboxylic acid groups (broad SMARTS) is 1. The van der Waals surface area contributed by atoms with Crippen LogP contribution >= 0.6 is 0 Å². The fourth-order valence-electron chi connectivity index (χ4n) is 5.02. The summed E-state index contributed by atoms with van der Waals surface area (Å²) in [4.78, 5) is 26.8. The molecule has 0 heterocycles. The Bertz CT molecular complexity index is 1350. The number of benzene rings is 3. The zero-order valence-electron chi connectivity index (χ0n) is 27.3. The van der Waals surface area contributed by atoms with E-state index in [1.165, 1.54) is 13.0 Å². The largest absolute Gasteiger partial charge is 1.00 e. The monoisotopic (exact) mass is 630 g/mol. The third-order valence-electron chi connectivity index (χ3n) is 7.77. The van der Waals surface area contributed by atoms with Crippen LogP contribution in [-0.4, -0.2) is 35.6 Å². The third kappa shape index (κ3) is 12.4. The fraction of sp³-hybridized carbons (Fsp3) is 0.444. The minimum Gasteiger partial charge on any atom is -0.546 e. The van der Waals surface area contributed by atoms with Gasteiger partial charge in [-0.05, 0) is 73.1 Å². The number of amides is 2. The summed E-state index contributed by atoms with van der Waals surface area (Å²) >= 11 is 0. The summed E-state index contributed by atoms with van der Waals surface area (Å²) < 4.78 is 33.4. The molecule has 0 aliphatic heterocycles. The van der Waals surface area contributed by atoms with Crippen LogP contribution in [0, 0.1) is 11.6 Å². The standard InChI is InChI=1S/C36H46F2N2O4.Na/c1-5-6-7-8-9-22-40(35(43)39-33-21-18-30(37)24-32(33)38)23-10-11-27-12-14-28(15-13-27)25-36(4,34(41)42)44-31-19-16-29(17-20-31)26(2)3;/h12-21,24,26H,5-11,22-23,25H2,1-4H3,(H,39,43)(H,41,42);/q;+1/p-1. The van der Waals surface area contributed by atoms with E-state index in [0.29, 0.717) is 37.6 Å². The van der Waals surface area contributed by atoms with Gasteiger partial charge in [0.05, 0.1) is 11.7 Å². The Balaban J connectivity index is 0.00000705. The van der Waals surface area contributed by atoms with Crippen LogP contribution in [0.25, 0.3) is 0 Å². The van der Waals surface area contributed by atoms with Gasteiger partial charge < -0.3 is 24.9 Å². The van der Waals surface area contributed by atoms with Gasteiger partial charge in [-0.25, -0.2) is 13.6 Å². The molecule has 3 aromatic carbocycles. The molecule has 45 heavy (non-hydrogen) atoms. The van der Waals surface area contributed by atoms with Crippen LogP contribution < -0.4 is 44.7 Å². The van der Waals surface area contributed by atoms with Crippen LogP contribution in [0.3, 0.4) is 0 Å². The van der Waals surface area contributed by atoms with Gasteiger partial charge in [0.25, 0.3) is 0 Å². The number of aryl methyl sites for hydroxylation is 1. The van der Waals surface area contributed by atoms with E-state index in [4.69, 9.17) is 4.74 Å². The van der Waals surface area contributed by atoms with Crippen molar-refractivity contribution in [3.8, 4) is 5.75 Å². The molecule has 6 nitrogen and oxygen atoms in total. The van der Waals surface area contributed by atoms with Crippen LogP contribution in [0.2, 0.25) is 0 Å². The summed E-state index contributed by atoms with van der Waals surface area (Å²) in [5, 5.41) is 14.7. The Labute approximate surface area is 288 Å². The summed E-state index contributed by atoms with van der Waals surface area (Å²) in [7, 11) is 0. The smallest absolute Gasteiger partial charge is 0.546 e. The van der Waals surface area contributed by atoms with Crippen molar-refractivity contribution in [3.05, 3.63) is 95.1 Å². The minimum absolute atomic E-state index is 0. The number of carboxylic acids is 1. The van der Waals surface area contributed by atoms with Gasteiger partial charge in [0.1, 0.15) is 23.0 Å². The van der Waals surface area contributed by atoms with E-state index in [2.05, 4.69) is 26.1 Å². The van der Waals surface area contributed by atoms with Crippen molar-refractivity contribution >= 4 is 17.7 Å². The number of anilines is 1. The molecular formula is C36H45F2N2NaO4. The Morgan fingerprint density at radius 2 is 1.51 bits per heavy atom. The molecule has 0 aromatic heterocycles. The second kappa shape index (κ2) is 18.9. The number of hydrogen-bond acceptors (Lipinski definition) is 4. The molecule has 3 aromatic rings. The van der Waals surface area contributed by atoms with Crippen LogP contribution in [0.15, 0.2) is 66.7 Å². The Morgan fingerprint density at radius 3 is 2.11 bits per heavy atom. The van der Waals surface area contributed by atoms with E-state index in [-0.39, 0.29) is 41.7 Å². The first kappa shape index (κ1) is 38.2. The molecule has 1 N–H and O–H groups in total. The van der Waals surface area contributed by atoms with Crippen LogP contribution in [0.1, 0.15) is 88.8 Å². The predicted octanol–water partition coefficient (Wildman–Crippen LogP) is 4.66. The Kier molecular flexibility index (Phi) is 16.1. The second-order valence-electron chi connectivity index (χ2n) is 11.9. The van der Waals surface area contributed by atoms with Crippen LogP contribution in [0.5, 0.6) is 5.75 Å². The van der Waals surface area contributed by atoms with Crippen molar-refractivity contribution in [2.45, 2.75) is 90.6 Å². The van der Waals surface area contributed by atoms with Crippen molar-refractivity contribution in [2.24, 2.45) is 0 Å². The summed E-state index contributed by atoms with van der Waals surface area (Å²) in [6.07, 6.45) is 6.71. The molecule has 0 radical (unpaired) electrons. The van der Waals surface area contributed by atoms with Gasteiger partial charge in [-0.15, -0.1) is 0 Å². The molecule has 9 heteroatoms. The first-order valence-corrected chi connectivity index (χ1v) is 15.6.